The molecule has 0 saturated heterocycles. The first kappa shape index (κ1) is 29.8. The van der Waals surface area contributed by atoms with Crippen molar-refractivity contribution in [1.29, 1.82) is 0 Å². The van der Waals surface area contributed by atoms with Crippen LogP contribution in [0.25, 0.3) is 6.08 Å². The molecule has 35 heavy (non-hydrogen) atoms. The molecule has 2 atom stereocenters. The van der Waals surface area contributed by atoms with E-state index in [0.717, 1.165) is 25.7 Å². The van der Waals surface area contributed by atoms with Crippen LogP contribution in [0, 0.1) is 5.92 Å². The summed E-state index contributed by atoms with van der Waals surface area (Å²) in [5, 5.41) is 2.91. The van der Waals surface area contributed by atoms with Crippen LogP contribution < -0.4 is 38.4 Å². The van der Waals surface area contributed by atoms with E-state index in [2.05, 4.69) is 114 Å². The number of halogens is 2. The van der Waals surface area contributed by atoms with Crippen LogP contribution in [0.2, 0.25) is 0 Å². The van der Waals surface area contributed by atoms with E-state index in [-0.39, 0.29) is 30.7 Å². The Morgan fingerprint density at radius 2 is 1.46 bits per heavy atom. The van der Waals surface area contributed by atoms with Crippen LogP contribution in [-0.2, 0) is 26.0 Å². The van der Waals surface area contributed by atoms with Gasteiger partial charge in [0.2, 0.25) is 0 Å². The van der Waals surface area contributed by atoms with E-state index in [9.17, 15) is 4.79 Å². The third kappa shape index (κ3) is 7.29. The molecule has 4 rings (SSSR count). The molecule has 2 nitrogen and oxygen atoms in total. The molecule has 2 unspecified atom stereocenters. The maximum Gasteiger partial charge on any atom is -1.00 e. The van der Waals surface area contributed by atoms with E-state index in [4.69, 9.17) is 0 Å². The Kier molecular flexibility index (Phi) is 12.7. The van der Waals surface area contributed by atoms with Gasteiger partial charge in [0.1, 0.15) is 0 Å². The molecule has 0 radical (unpaired) electrons. The fraction of sp³-hybridized carbons (Fsp3) is 0.276. The zero-order valence-electron chi connectivity index (χ0n) is 20.5. The van der Waals surface area contributed by atoms with E-state index in [1.165, 1.54) is 21.5 Å². The minimum absolute atomic E-state index is 0. The second-order valence-electron chi connectivity index (χ2n) is 8.91. The van der Waals surface area contributed by atoms with Gasteiger partial charge in [0, 0.05) is 0 Å². The summed E-state index contributed by atoms with van der Waals surface area (Å²) in [4.78, 5) is 13.7. The number of carbonyl (C=O) groups is 1. The predicted octanol–water partition coefficient (Wildman–Crippen LogP) is -0.833. The van der Waals surface area contributed by atoms with Crippen molar-refractivity contribution in [1.82, 2.24) is 3.26 Å². The first-order valence-corrected chi connectivity index (χ1v) is 20.9. The summed E-state index contributed by atoms with van der Waals surface area (Å²) in [7, 11) is 0. The van der Waals surface area contributed by atoms with Gasteiger partial charge in [-0.05, 0) is 0 Å². The summed E-state index contributed by atoms with van der Waals surface area (Å²) in [6.45, 7) is 4.37. The summed E-state index contributed by atoms with van der Waals surface area (Å²) in [6, 6.07) is 30.8. The molecule has 0 fully saturated rings. The summed E-state index contributed by atoms with van der Waals surface area (Å²) >= 11 is -2.58. The average molecular weight is 603 g/mol. The van der Waals surface area contributed by atoms with Gasteiger partial charge < -0.3 is 24.8 Å². The fourth-order valence-electron chi connectivity index (χ4n) is 4.91. The predicted molar refractivity (Wildman–Crippen MR) is 139 cm³/mol. The van der Waals surface area contributed by atoms with Crippen LogP contribution in [-0.4, -0.2) is 11.8 Å². The number of carbonyl (C=O) groups excluding carboxylic acids is 1. The number of benzene rings is 3. The number of allylic oxidation sites excluding steroid dienone is 1. The average Bonchev–Trinajstić information content (AvgIpc) is 3.29. The summed E-state index contributed by atoms with van der Waals surface area (Å²) in [6.07, 6.45) is 8.85. The van der Waals surface area contributed by atoms with Crippen LogP contribution in [0.5, 0.6) is 0 Å². The van der Waals surface area contributed by atoms with Crippen molar-refractivity contribution >= 4 is 28.3 Å². The summed E-state index contributed by atoms with van der Waals surface area (Å²) in [5.74, 6) is -1.16. The third-order valence-corrected chi connectivity index (χ3v) is 26.2. The minimum atomic E-state index is -2.58. The molecule has 1 aliphatic rings. The number of fused-ring (bicyclic) bond motifs is 1. The zero-order valence-corrected chi connectivity index (χ0v) is 25.6. The molecule has 1 aliphatic carbocycles. The minimum Gasteiger partial charge on any atom is -1.00 e. The molecule has 3 aromatic carbocycles. The smallest absolute Gasteiger partial charge is 1.00 e. The number of rotatable bonds is 10. The number of unbranched alkanes of at least 4 members (excludes halogenated alkanes) is 1. The summed E-state index contributed by atoms with van der Waals surface area (Å²) < 4.78 is 4.21. The van der Waals surface area contributed by atoms with E-state index < -0.39 is 27.1 Å². The molecular weight excluding hydrogens is 569 g/mol. The number of hydrogen-bond donors (Lipinski definition) is 1. The Labute approximate surface area is 232 Å². The molecule has 6 heteroatoms. The number of hydrogen-bond acceptors (Lipinski definition) is 1. The largest absolute Gasteiger partial charge is 1.00 e. The normalized spacial score (nSPS) is 14.4. The first-order chi connectivity index (χ1) is 16.2. The second-order valence-corrected chi connectivity index (χ2v) is 23.4. The van der Waals surface area contributed by atoms with Crippen molar-refractivity contribution in [2.45, 2.75) is 43.2 Å². The SMILES string of the molecule is CCCCC(CC)C(=O)[NH][Zr+2]([CH]1C=Cc2ccccc21)[SiH](c1ccccc1)c1ccccc1.[Cl-].[Cl-]. The molecule has 1 N–H and O–H groups in total. The van der Waals surface area contributed by atoms with Crippen molar-refractivity contribution < 1.29 is 50.8 Å². The van der Waals surface area contributed by atoms with Gasteiger partial charge in [-0.2, -0.15) is 0 Å². The van der Waals surface area contributed by atoms with Crippen molar-refractivity contribution in [3.63, 3.8) is 0 Å². The Morgan fingerprint density at radius 1 is 0.886 bits per heavy atom. The van der Waals surface area contributed by atoms with Crippen molar-refractivity contribution in [2.24, 2.45) is 5.92 Å². The fourth-order valence-corrected chi connectivity index (χ4v) is 25.9. The Morgan fingerprint density at radius 3 is 2.03 bits per heavy atom. The zero-order chi connectivity index (χ0) is 23.0. The van der Waals surface area contributed by atoms with Crippen molar-refractivity contribution in [2.75, 3.05) is 0 Å². The Hall–Kier alpha value is -1.45. The maximum atomic E-state index is 13.7. The van der Waals surface area contributed by atoms with Gasteiger partial charge in [-0.15, -0.1) is 0 Å². The third-order valence-electron chi connectivity index (χ3n) is 6.75. The molecule has 0 bridgehead atoms. The second kappa shape index (κ2) is 15.0. The summed E-state index contributed by atoms with van der Waals surface area (Å²) in [5.41, 5.74) is 2.74. The van der Waals surface area contributed by atoms with Gasteiger partial charge in [-0.3, -0.25) is 0 Å². The van der Waals surface area contributed by atoms with Gasteiger partial charge in [-0.1, -0.05) is 0 Å². The van der Waals surface area contributed by atoms with Crippen LogP contribution in [0.3, 0.4) is 0 Å². The van der Waals surface area contributed by atoms with Gasteiger partial charge in [0.25, 0.3) is 0 Å². The molecule has 0 saturated carbocycles. The molecule has 3 aromatic rings. The van der Waals surface area contributed by atoms with Crippen LogP contribution in [0.15, 0.2) is 91.0 Å². The Balaban J connectivity index is 0.00000216. The molecule has 0 spiro atoms. The topological polar surface area (TPSA) is 29.1 Å². The quantitative estimate of drug-likeness (QED) is 0.302. The molecule has 0 heterocycles. The van der Waals surface area contributed by atoms with Gasteiger partial charge in [-0.25, -0.2) is 0 Å². The van der Waals surface area contributed by atoms with Crippen LogP contribution in [0.4, 0.5) is 0 Å². The van der Waals surface area contributed by atoms with Gasteiger partial charge in [0.15, 0.2) is 0 Å². The van der Waals surface area contributed by atoms with Crippen LogP contribution in [0.1, 0.15) is 54.3 Å². The number of amides is 1. The first-order valence-electron chi connectivity index (χ1n) is 12.3. The van der Waals surface area contributed by atoms with E-state index in [1.54, 1.807) is 0 Å². The van der Waals surface area contributed by atoms with E-state index >= 15 is 0 Å². The Bertz CT molecular complexity index is 1040. The molecule has 0 aliphatic heterocycles. The number of nitrogens with one attached hydrogen (secondary N) is 1. The van der Waals surface area contributed by atoms with Gasteiger partial charge in [0.05, 0.1) is 0 Å². The van der Waals surface area contributed by atoms with Crippen molar-refractivity contribution in [3.8, 4) is 0 Å². The van der Waals surface area contributed by atoms with Crippen molar-refractivity contribution in [3.05, 3.63) is 102 Å². The maximum absolute atomic E-state index is 13.7. The standard InChI is InChI=1S/C12H11Si.C9H7.C8H17NO.2ClH.Zr/c1-3-7-11(8-4-1)13-12-9-5-2-6-10-12;1-2-5-9-7-3-6-8(9)4-1;1-3-5-6-7(4-2)8(9)10;;;/h1-10,13H;1-7H;7H,3-6H2,1-2H3,(H2,9,10);2*1H;/q;;;;;+3/p-3. The van der Waals surface area contributed by atoms with E-state index in [0.29, 0.717) is 9.53 Å². The molecule has 1 amide bonds. The molecule has 183 valence electrons. The van der Waals surface area contributed by atoms with Gasteiger partial charge >= 0.3 is 209 Å². The van der Waals surface area contributed by atoms with Crippen LogP contribution >= 0.6 is 0 Å². The monoisotopic (exact) mass is 600 g/mol. The molecule has 0 aromatic heterocycles. The molecular formula is C29H34Cl2NOSiZr. The van der Waals surface area contributed by atoms with E-state index in [1.807, 2.05) is 0 Å².